The lowest BCUT2D eigenvalue weighted by molar-refractivity contribution is 0.0903. The molecule has 3 rings (SSSR count). The Morgan fingerprint density at radius 1 is 1.17 bits per heavy atom. The topological polar surface area (TPSA) is 57.8 Å². The Labute approximate surface area is 140 Å². The summed E-state index contributed by atoms with van der Waals surface area (Å²) in [7, 11) is 0. The number of aromatic amines is 1. The average Bonchev–Trinajstić information content (AvgIpc) is 3.01. The van der Waals surface area contributed by atoms with Gasteiger partial charge in [0.2, 0.25) is 0 Å². The van der Waals surface area contributed by atoms with Crippen LogP contribution in [0.1, 0.15) is 42.7 Å². The van der Waals surface area contributed by atoms with E-state index < -0.39 is 0 Å². The molecule has 1 aromatic heterocycles. The van der Waals surface area contributed by atoms with Crippen LogP contribution in [0.5, 0.6) is 0 Å². The molecule has 1 atom stereocenters. The van der Waals surface area contributed by atoms with Crippen molar-refractivity contribution in [1.29, 1.82) is 0 Å². The summed E-state index contributed by atoms with van der Waals surface area (Å²) < 4.78 is 13.2. The van der Waals surface area contributed by atoms with Crippen molar-refractivity contribution in [2.75, 3.05) is 0 Å². The Bertz CT molecular complexity index is 862. The summed E-state index contributed by atoms with van der Waals surface area (Å²) >= 11 is 0. The number of benzene rings is 2. The van der Waals surface area contributed by atoms with Gasteiger partial charge < -0.3 is 5.32 Å². The largest absolute Gasteiger partial charge is 0.345 e. The van der Waals surface area contributed by atoms with Gasteiger partial charge in [0.25, 0.3) is 5.91 Å². The van der Waals surface area contributed by atoms with E-state index in [9.17, 15) is 9.18 Å². The maximum absolute atomic E-state index is 13.2. The van der Waals surface area contributed by atoms with E-state index >= 15 is 0 Å². The van der Waals surface area contributed by atoms with Crippen LogP contribution in [0.4, 0.5) is 4.39 Å². The predicted octanol–water partition coefficient (Wildman–Crippen LogP) is 4.22. The number of halogens is 1. The van der Waals surface area contributed by atoms with Crippen molar-refractivity contribution < 1.29 is 9.18 Å². The van der Waals surface area contributed by atoms with Gasteiger partial charge in [0.05, 0.1) is 23.3 Å². The monoisotopic (exact) mass is 325 g/mol. The number of amides is 1. The summed E-state index contributed by atoms with van der Waals surface area (Å²) in [5.41, 5.74) is 1.90. The molecular formula is C19H20FN3O. The van der Waals surface area contributed by atoms with Crippen molar-refractivity contribution in [2.24, 2.45) is 5.41 Å². The lowest BCUT2D eigenvalue weighted by Crippen LogP contribution is -2.36. The second-order valence-corrected chi connectivity index (χ2v) is 6.96. The number of para-hydroxylation sites is 1. The fourth-order valence-electron chi connectivity index (χ4n) is 2.82. The summed E-state index contributed by atoms with van der Waals surface area (Å²) in [6.07, 6.45) is 1.69. The molecular weight excluding hydrogens is 305 g/mol. The number of nitrogens with zero attached hydrogens (tertiary/aromatic N) is 1. The van der Waals surface area contributed by atoms with Crippen LogP contribution in [-0.4, -0.2) is 16.1 Å². The van der Waals surface area contributed by atoms with Gasteiger partial charge in [-0.05, 0) is 29.2 Å². The van der Waals surface area contributed by atoms with Crippen molar-refractivity contribution in [3.63, 3.8) is 0 Å². The molecule has 5 heteroatoms. The number of fused-ring (bicyclic) bond motifs is 1. The fourth-order valence-corrected chi connectivity index (χ4v) is 2.82. The normalized spacial score (nSPS) is 13.0. The molecule has 0 saturated carbocycles. The molecule has 2 aromatic carbocycles. The third-order valence-corrected chi connectivity index (χ3v) is 4.07. The third-order valence-electron chi connectivity index (χ3n) is 4.07. The Morgan fingerprint density at radius 3 is 2.54 bits per heavy atom. The first kappa shape index (κ1) is 16.2. The van der Waals surface area contributed by atoms with E-state index in [4.69, 9.17) is 0 Å². The van der Waals surface area contributed by atoms with Crippen LogP contribution in [0.25, 0.3) is 10.9 Å². The minimum Gasteiger partial charge on any atom is -0.345 e. The minimum absolute atomic E-state index is 0.186. The van der Waals surface area contributed by atoms with Gasteiger partial charge in [-0.25, -0.2) is 4.39 Å². The van der Waals surface area contributed by atoms with Crippen LogP contribution < -0.4 is 5.32 Å². The number of aromatic nitrogens is 2. The summed E-state index contributed by atoms with van der Waals surface area (Å²) in [5, 5.41) is 10.8. The molecule has 2 N–H and O–H groups in total. The van der Waals surface area contributed by atoms with E-state index in [0.717, 1.165) is 10.9 Å². The number of H-pyrrole nitrogens is 1. The van der Waals surface area contributed by atoms with Gasteiger partial charge in [-0.3, -0.25) is 9.89 Å². The van der Waals surface area contributed by atoms with Crippen LogP contribution >= 0.6 is 0 Å². The Balaban J connectivity index is 1.94. The summed E-state index contributed by atoms with van der Waals surface area (Å²) in [6, 6.07) is 11.5. The molecule has 1 unspecified atom stereocenters. The van der Waals surface area contributed by atoms with Gasteiger partial charge in [0, 0.05) is 5.39 Å². The third kappa shape index (κ3) is 3.15. The zero-order chi connectivity index (χ0) is 17.3. The second kappa shape index (κ2) is 6.07. The molecule has 0 aliphatic carbocycles. The molecule has 0 bridgehead atoms. The molecule has 4 nitrogen and oxygen atoms in total. The van der Waals surface area contributed by atoms with E-state index in [-0.39, 0.29) is 23.2 Å². The van der Waals surface area contributed by atoms with Crippen molar-refractivity contribution in [1.82, 2.24) is 15.5 Å². The van der Waals surface area contributed by atoms with Crippen molar-refractivity contribution in [3.8, 4) is 0 Å². The van der Waals surface area contributed by atoms with E-state index in [2.05, 4.69) is 15.5 Å². The van der Waals surface area contributed by atoms with Gasteiger partial charge in [-0.2, -0.15) is 5.10 Å². The highest BCUT2D eigenvalue weighted by Crippen LogP contribution is 2.33. The summed E-state index contributed by atoms with van der Waals surface area (Å²) in [4.78, 5) is 12.8. The average molecular weight is 325 g/mol. The van der Waals surface area contributed by atoms with Crippen LogP contribution in [0.15, 0.2) is 48.7 Å². The van der Waals surface area contributed by atoms with Crippen LogP contribution in [0.2, 0.25) is 0 Å². The number of rotatable bonds is 3. The SMILES string of the molecule is CC(C)(C)C(NC(=O)c1cccc2cn[nH]c12)c1ccc(F)cc1. The van der Waals surface area contributed by atoms with E-state index in [0.29, 0.717) is 11.1 Å². The number of hydrogen-bond donors (Lipinski definition) is 2. The highest BCUT2D eigenvalue weighted by atomic mass is 19.1. The first-order valence-corrected chi connectivity index (χ1v) is 7.84. The lowest BCUT2D eigenvalue weighted by Gasteiger charge is -2.32. The molecule has 0 aliphatic rings. The molecule has 3 aromatic rings. The van der Waals surface area contributed by atoms with Crippen molar-refractivity contribution >= 4 is 16.8 Å². The van der Waals surface area contributed by atoms with E-state index in [1.165, 1.54) is 12.1 Å². The highest BCUT2D eigenvalue weighted by molar-refractivity contribution is 6.05. The first-order chi connectivity index (χ1) is 11.4. The smallest absolute Gasteiger partial charge is 0.253 e. The zero-order valence-corrected chi connectivity index (χ0v) is 13.9. The molecule has 124 valence electrons. The summed E-state index contributed by atoms with van der Waals surface area (Å²) in [5.74, 6) is -0.478. The van der Waals surface area contributed by atoms with Crippen molar-refractivity contribution in [3.05, 3.63) is 65.6 Å². The van der Waals surface area contributed by atoms with Crippen LogP contribution in [0, 0.1) is 11.2 Å². The van der Waals surface area contributed by atoms with E-state index in [1.807, 2.05) is 32.9 Å². The number of hydrogen-bond acceptors (Lipinski definition) is 2. The molecule has 0 aliphatic heterocycles. The van der Waals surface area contributed by atoms with Crippen LogP contribution in [0.3, 0.4) is 0 Å². The van der Waals surface area contributed by atoms with Gasteiger partial charge in [-0.1, -0.05) is 45.0 Å². The number of carbonyl (C=O) groups excluding carboxylic acids is 1. The molecule has 1 heterocycles. The van der Waals surface area contributed by atoms with Gasteiger partial charge in [0.15, 0.2) is 0 Å². The fraction of sp³-hybridized carbons (Fsp3) is 0.263. The molecule has 24 heavy (non-hydrogen) atoms. The molecule has 0 radical (unpaired) electrons. The molecule has 0 spiro atoms. The molecule has 0 fully saturated rings. The Morgan fingerprint density at radius 2 is 1.88 bits per heavy atom. The molecule has 1 amide bonds. The van der Waals surface area contributed by atoms with Crippen LogP contribution in [-0.2, 0) is 0 Å². The van der Waals surface area contributed by atoms with Gasteiger partial charge >= 0.3 is 0 Å². The second-order valence-electron chi connectivity index (χ2n) is 6.96. The minimum atomic E-state index is -0.292. The quantitative estimate of drug-likeness (QED) is 0.757. The summed E-state index contributed by atoms with van der Waals surface area (Å²) in [6.45, 7) is 6.12. The van der Waals surface area contributed by atoms with Crippen molar-refractivity contribution in [2.45, 2.75) is 26.8 Å². The first-order valence-electron chi connectivity index (χ1n) is 7.84. The Hall–Kier alpha value is -2.69. The Kier molecular flexibility index (Phi) is 4.09. The maximum Gasteiger partial charge on any atom is 0.253 e. The standard InChI is InChI=1S/C19H20FN3O/c1-19(2,3)17(12-7-9-14(20)10-8-12)22-18(24)15-6-4-5-13-11-21-23-16(13)15/h4-11,17H,1-3H3,(H,21,23)(H,22,24). The van der Waals surface area contributed by atoms with E-state index in [1.54, 1.807) is 24.4 Å². The van der Waals surface area contributed by atoms with Gasteiger partial charge in [0.1, 0.15) is 5.82 Å². The maximum atomic E-state index is 13.2. The zero-order valence-electron chi connectivity index (χ0n) is 13.9. The lowest BCUT2D eigenvalue weighted by atomic mass is 9.82. The molecule has 0 saturated heterocycles. The number of carbonyl (C=O) groups is 1. The number of nitrogens with one attached hydrogen (secondary N) is 2. The van der Waals surface area contributed by atoms with Gasteiger partial charge in [-0.15, -0.1) is 0 Å². The predicted molar refractivity (Wildman–Crippen MR) is 92.2 cm³/mol. The highest BCUT2D eigenvalue weighted by Gasteiger charge is 2.28.